The third kappa shape index (κ3) is 4.64. The molecule has 0 radical (unpaired) electrons. The molecule has 2 unspecified atom stereocenters. The summed E-state index contributed by atoms with van der Waals surface area (Å²) in [6, 6.07) is -0.538. The number of esters is 1. The predicted molar refractivity (Wildman–Crippen MR) is 69.0 cm³/mol. The van der Waals surface area contributed by atoms with Gasteiger partial charge in [0.1, 0.15) is 6.04 Å². The average Bonchev–Trinajstić information content (AvgIpc) is 2.85. The molecule has 104 valence electrons. The van der Waals surface area contributed by atoms with Gasteiger partial charge in [-0.05, 0) is 37.8 Å². The molecule has 0 saturated carbocycles. The topological polar surface area (TPSA) is 67.4 Å². The lowest BCUT2D eigenvalue weighted by Gasteiger charge is -2.20. The maximum Gasteiger partial charge on any atom is 0.328 e. The van der Waals surface area contributed by atoms with E-state index in [4.69, 9.17) is 0 Å². The summed E-state index contributed by atoms with van der Waals surface area (Å²) in [5.74, 6) is 0.188. The van der Waals surface area contributed by atoms with Crippen LogP contribution in [0, 0.1) is 11.8 Å². The minimum Gasteiger partial charge on any atom is -0.467 e. The monoisotopic (exact) mass is 256 g/mol. The highest BCUT2D eigenvalue weighted by Gasteiger charge is 2.25. The second-order valence-corrected chi connectivity index (χ2v) is 5.21. The van der Waals surface area contributed by atoms with Crippen molar-refractivity contribution in [1.29, 1.82) is 0 Å². The van der Waals surface area contributed by atoms with Gasteiger partial charge in [-0.25, -0.2) is 4.79 Å². The summed E-state index contributed by atoms with van der Waals surface area (Å²) in [5, 5.41) is 6.03. The first-order chi connectivity index (χ1) is 8.54. The largest absolute Gasteiger partial charge is 0.467 e. The van der Waals surface area contributed by atoms with Crippen LogP contribution in [-0.2, 0) is 14.3 Å². The Morgan fingerprint density at radius 1 is 1.44 bits per heavy atom. The molecule has 1 fully saturated rings. The van der Waals surface area contributed by atoms with Crippen molar-refractivity contribution in [2.24, 2.45) is 11.8 Å². The van der Waals surface area contributed by atoms with Crippen LogP contribution >= 0.6 is 0 Å². The molecule has 5 heteroatoms. The van der Waals surface area contributed by atoms with E-state index in [-0.39, 0.29) is 17.8 Å². The van der Waals surface area contributed by atoms with Crippen molar-refractivity contribution in [3.05, 3.63) is 0 Å². The quantitative estimate of drug-likeness (QED) is 0.686. The highest BCUT2D eigenvalue weighted by molar-refractivity contribution is 5.84. The van der Waals surface area contributed by atoms with Crippen molar-refractivity contribution in [1.82, 2.24) is 10.6 Å². The first kappa shape index (κ1) is 15.0. The van der Waals surface area contributed by atoms with Crippen molar-refractivity contribution in [2.45, 2.75) is 39.2 Å². The summed E-state index contributed by atoms with van der Waals surface area (Å²) in [4.78, 5) is 23.3. The fraction of sp³-hybridized carbons (Fsp3) is 0.846. The van der Waals surface area contributed by atoms with Crippen molar-refractivity contribution < 1.29 is 14.3 Å². The maximum atomic E-state index is 11.8. The summed E-state index contributed by atoms with van der Waals surface area (Å²) in [6.45, 7) is 5.83. The van der Waals surface area contributed by atoms with Gasteiger partial charge in [-0.2, -0.15) is 0 Å². The van der Waals surface area contributed by atoms with Gasteiger partial charge in [-0.3, -0.25) is 4.79 Å². The number of hydrogen-bond acceptors (Lipinski definition) is 4. The third-order valence-corrected chi connectivity index (χ3v) is 3.38. The van der Waals surface area contributed by atoms with Gasteiger partial charge in [0.05, 0.1) is 7.11 Å². The Hall–Kier alpha value is -1.10. The molecule has 0 aliphatic carbocycles. The molecule has 1 heterocycles. The highest BCUT2D eigenvalue weighted by Crippen LogP contribution is 2.14. The number of methoxy groups -OCH3 is 1. The summed E-state index contributed by atoms with van der Waals surface area (Å²) in [6.07, 6.45) is 2.50. The van der Waals surface area contributed by atoms with E-state index in [0.29, 0.717) is 12.3 Å². The van der Waals surface area contributed by atoms with E-state index in [1.54, 1.807) is 0 Å². The van der Waals surface area contributed by atoms with Crippen molar-refractivity contribution in [3.63, 3.8) is 0 Å². The summed E-state index contributed by atoms with van der Waals surface area (Å²) >= 11 is 0. The molecular weight excluding hydrogens is 232 g/mol. The van der Waals surface area contributed by atoms with Crippen LogP contribution in [0.25, 0.3) is 0 Å². The zero-order valence-corrected chi connectivity index (χ0v) is 11.5. The second-order valence-electron chi connectivity index (χ2n) is 5.21. The summed E-state index contributed by atoms with van der Waals surface area (Å²) in [5.41, 5.74) is 0. The van der Waals surface area contributed by atoms with E-state index in [2.05, 4.69) is 15.4 Å². The summed E-state index contributed by atoms with van der Waals surface area (Å²) in [7, 11) is 1.34. The van der Waals surface area contributed by atoms with Crippen LogP contribution in [0.1, 0.15) is 33.1 Å². The van der Waals surface area contributed by atoms with Crippen LogP contribution in [0.15, 0.2) is 0 Å². The first-order valence-corrected chi connectivity index (χ1v) is 6.62. The standard InChI is InChI=1S/C13H24N2O3/c1-9(2)12(13(17)18-3)15-11(16)5-4-10-6-7-14-8-10/h9-10,12,14H,4-8H2,1-3H3,(H,15,16). The molecular formula is C13H24N2O3. The van der Waals surface area contributed by atoms with Crippen molar-refractivity contribution in [3.8, 4) is 0 Å². The molecule has 1 aliphatic heterocycles. The molecule has 0 aromatic carbocycles. The third-order valence-electron chi connectivity index (χ3n) is 3.38. The second kappa shape index (κ2) is 7.36. The van der Waals surface area contributed by atoms with Crippen LogP contribution in [0.2, 0.25) is 0 Å². The number of amides is 1. The van der Waals surface area contributed by atoms with Gasteiger partial charge in [0.25, 0.3) is 0 Å². The highest BCUT2D eigenvalue weighted by atomic mass is 16.5. The van der Waals surface area contributed by atoms with E-state index < -0.39 is 6.04 Å². The predicted octanol–water partition coefficient (Wildman–Crippen LogP) is 0.690. The van der Waals surface area contributed by atoms with Crippen molar-refractivity contribution >= 4 is 11.9 Å². The van der Waals surface area contributed by atoms with E-state index in [9.17, 15) is 9.59 Å². The zero-order chi connectivity index (χ0) is 13.5. The Kier molecular flexibility index (Phi) is 6.12. The number of nitrogens with one attached hydrogen (secondary N) is 2. The van der Waals surface area contributed by atoms with Crippen LogP contribution in [0.3, 0.4) is 0 Å². The van der Waals surface area contributed by atoms with Crippen molar-refractivity contribution in [2.75, 3.05) is 20.2 Å². The van der Waals surface area contributed by atoms with Gasteiger partial charge in [-0.15, -0.1) is 0 Å². The smallest absolute Gasteiger partial charge is 0.328 e. The van der Waals surface area contributed by atoms with Crippen LogP contribution < -0.4 is 10.6 Å². The van der Waals surface area contributed by atoms with Crippen LogP contribution in [-0.4, -0.2) is 38.1 Å². The van der Waals surface area contributed by atoms with E-state index >= 15 is 0 Å². The minimum atomic E-state index is -0.538. The van der Waals surface area contributed by atoms with E-state index in [0.717, 1.165) is 25.9 Å². The molecule has 2 atom stereocenters. The Labute approximate surface area is 109 Å². The van der Waals surface area contributed by atoms with Gasteiger partial charge in [0.2, 0.25) is 5.91 Å². The molecule has 0 bridgehead atoms. The fourth-order valence-electron chi connectivity index (χ4n) is 2.17. The molecule has 5 nitrogen and oxygen atoms in total. The average molecular weight is 256 g/mol. The number of carbonyl (C=O) groups is 2. The SMILES string of the molecule is COC(=O)C(NC(=O)CCC1CCNC1)C(C)C. The fourth-order valence-corrected chi connectivity index (χ4v) is 2.17. The van der Waals surface area contributed by atoms with Gasteiger partial charge in [0.15, 0.2) is 0 Å². The number of carbonyl (C=O) groups excluding carboxylic acids is 2. The molecule has 1 aliphatic rings. The Morgan fingerprint density at radius 2 is 2.17 bits per heavy atom. The molecule has 18 heavy (non-hydrogen) atoms. The number of rotatable bonds is 6. The molecule has 1 saturated heterocycles. The molecule has 0 spiro atoms. The molecule has 0 aromatic rings. The Morgan fingerprint density at radius 3 is 2.67 bits per heavy atom. The van der Waals surface area contributed by atoms with Crippen LogP contribution in [0.4, 0.5) is 0 Å². The molecule has 2 N–H and O–H groups in total. The molecule has 1 rings (SSSR count). The van der Waals surface area contributed by atoms with Crippen LogP contribution in [0.5, 0.6) is 0 Å². The number of hydrogen-bond donors (Lipinski definition) is 2. The van der Waals surface area contributed by atoms with Gasteiger partial charge in [-0.1, -0.05) is 13.8 Å². The summed E-state index contributed by atoms with van der Waals surface area (Å²) < 4.78 is 4.69. The zero-order valence-electron chi connectivity index (χ0n) is 11.5. The van der Waals surface area contributed by atoms with E-state index in [1.165, 1.54) is 7.11 Å². The van der Waals surface area contributed by atoms with E-state index in [1.807, 2.05) is 13.8 Å². The lowest BCUT2D eigenvalue weighted by molar-refractivity contribution is -0.146. The lowest BCUT2D eigenvalue weighted by atomic mass is 10.0. The normalized spacial score (nSPS) is 20.8. The Bertz CT molecular complexity index is 286. The van der Waals surface area contributed by atoms with Gasteiger partial charge in [0, 0.05) is 6.42 Å². The van der Waals surface area contributed by atoms with Gasteiger partial charge >= 0.3 is 5.97 Å². The first-order valence-electron chi connectivity index (χ1n) is 6.62. The minimum absolute atomic E-state index is 0.0366. The number of ether oxygens (including phenoxy) is 1. The Balaban J connectivity index is 2.33. The van der Waals surface area contributed by atoms with Gasteiger partial charge < -0.3 is 15.4 Å². The maximum absolute atomic E-state index is 11.8. The molecule has 1 amide bonds. The molecule has 0 aromatic heterocycles. The lowest BCUT2D eigenvalue weighted by Crippen LogP contribution is -2.45.